The van der Waals surface area contributed by atoms with Crippen molar-refractivity contribution in [3.63, 3.8) is 0 Å². The first-order valence-electron chi connectivity index (χ1n) is 15.4. The van der Waals surface area contributed by atoms with Crippen molar-refractivity contribution < 1.29 is 19.1 Å². The van der Waals surface area contributed by atoms with Crippen LogP contribution in [0, 0.1) is 27.7 Å². The minimum atomic E-state index is -0.505. The van der Waals surface area contributed by atoms with Crippen molar-refractivity contribution in [2.24, 2.45) is 7.05 Å². The summed E-state index contributed by atoms with van der Waals surface area (Å²) in [5.74, 6) is -0.383. The lowest BCUT2D eigenvalue weighted by atomic mass is 9.93. The number of allylic oxidation sites excluding steroid dienone is 1. The average Bonchev–Trinajstić information content (AvgIpc) is 3.49. The maximum Gasteiger partial charge on any atom is 0.289 e. The Morgan fingerprint density at radius 2 is 1.78 bits per heavy atom. The molecule has 2 aromatic carbocycles. The predicted molar refractivity (Wildman–Crippen MR) is 178 cm³/mol. The van der Waals surface area contributed by atoms with Gasteiger partial charge in [-0.1, -0.05) is 29.3 Å². The second-order valence-electron chi connectivity index (χ2n) is 12.2. The average molecular weight is 652 g/mol. The van der Waals surface area contributed by atoms with Gasteiger partial charge in [0.1, 0.15) is 5.75 Å². The molecule has 0 bridgehead atoms. The van der Waals surface area contributed by atoms with Gasteiger partial charge < -0.3 is 15.0 Å². The topological polar surface area (TPSA) is 93.5 Å². The highest BCUT2D eigenvalue weighted by Gasteiger charge is 2.33. The molecule has 45 heavy (non-hydrogen) atoms. The van der Waals surface area contributed by atoms with Crippen LogP contribution in [0.15, 0.2) is 29.8 Å². The van der Waals surface area contributed by atoms with Crippen molar-refractivity contribution in [2.75, 3.05) is 19.7 Å². The molecule has 1 aromatic heterocycles. The van der Waals surface area contributed by atoms with Crippen LogP contribution in [0.1, 0.15) is 66.2 Å². The van der Waals surface area contributed by atoms with E-state index < -0.39 is 11.7 Å². The number of piperidine rings is 1. The van der Waals surface area contributed by atoms with E-state index in [1.807, 2.05) is 63.7 Å². The van der Waals surface area contributed by atoms with Crippen LogP contribution in [0.2, 0.25) is 10.0 Å². The van der Waals surface area contributed by atoms with Crippen LogP contribution in [-0.2, 0) is 27.9 Å². The van der Waals surface area contributed by atoms with Crippen LogP contribution in [0.25, 0.3) is 16.7 Å². The van der Waals surface area contributed by atoms with E-state index in [-0.39, 0.29) is 11.9 Å². The third-order valence-corrected chi connectivity index (χ3v) is 9.84. The zero-order valence-corrected chi connectivity index (χ0v) is 28.3. The number of Topliss-reactive ketones (excluding diaryl/α,β-unsaturated/α-hetero) is 1. The summed E-state index contributed by atoms with van der Waals surface area (Å²) in [5, 5.41) is 9.18. The fourth-order valence-corrected chi connectivity index (χ4v) is 7.02. The van der Waals surface area contributed by atoms with Gasteiger partial charge in [0.25, 0.3) is 5.91 Å². The normalized spacial score (nSPS) is 16.2. The Bertz CT molecular complexity index is 1700. The molecular weight excluding hydrogens is 611 g/mol. The molecule has 5 rings (SSSR count). The molecule has 2 aliphatic rings. The van der Waals surface area contributed by atoms with Gasteiger partial charge in [0.2, 0.25) is 11.7 Å². The SMILES string of the molecule is CC(=O)C(=O)N1CCC[C@@H](NC(=O)C2=C(CCCOc3cc(C)c(Cl)c(C)c3)c3ccc(Cl)c(-c4c(C)nn(C)c4C)c3C2)C1. The summed E-state index contributed by atoms with van der Waals surface area (Å²) < 4.78 is 7.96. The largest absolute Gasteiger partial charge is 0.494 e. The first-order valence-corrected chi connectivity index (χ1v) is 16.2. The van der Waals surface area contributed by atoms with E-state index in [4.69, 9.17) is 27.9 Å². The maximum absolute atomic E-state index is 14.0. The number of benzene rings is 2. The molecule has 238 valence electrons. The number of aryl methyl sites for hydroxylation is 4. The predicted octanol–water partition coefficient (Wildman–Crippen LogP) is 6.49. The molecule has 1 saturated heterocycles. The van der Waals surface area contributed by atoms with E-state index >= 15 is 0 Å². The number of rotatable bonds is 9. The van der Waals surface area contributed by atoms with Gasteiger partial charge >= 0.3 is 0 Å². The summed E-state index contributed by atoms with van der Waals surface area (Å²) in [6.45, 7) is 10.5. The molecule has 0 saturated carbocycles. The number of hydrogen-bond acceptors (Lipinski definition) is 5. The van der Waals surface area contributed by atoms with Gasteiger partial charge in [0.05, 0.1) is 12.3 Å². The smallest absolute Gasteiger partial charge is 0.289 e. The van der Waals surface area contributed by atoms with Crippen LogP contribution in [0.5, 0.6) is 5.75 Å². The summed E-state index contributed by atoms with van der Waals surface area (Å²) in [5.41, 5.74) is 9.41. The molecule has 2 amide bonds. The first-order chi connectivity index (χ1) is 21.4. The number of halogens is 2. The summed E-state index contributed by atoms with van der Waals surface area (Å²) in [6, 6.07) is 7.56. The molecule has 3 aromatic rings. The molecule has 1 N–H and O–H groups in total. The number of carbonyl (C=O) groups is 3. The highest BCUT2D eigenvalue weighted by atomic mass is 35.5. The third-order valence-electron chi connectivity index (χ3n) is 8.93. The van der Waals surface area contributed by atoms with Gasteiger partial charge in [-0.3, -0.25) is 19.1 Å². The maximum atomic E-state index is 14.0. The molecule has 10 heteroatoms. The van der Waals surface area contributed by atoms with Gasteiger partial charge in [-0.2, -0.15) is 5.10 Å². The van der Waals surface area contributed by atoms with Crippen molar-refractivity contribution in [1.82, 2.24) is 20.0 Å². The Kier molecular flexibility index (Phi) is 9.75. The van der Waals surface area contributed by atoms with Gasteiger partial charge in [0, 0.05) is 72.0 Å². The summed E-state index contributed by atoms with van der Waals surface area (Å²) >= 11 is 13.2. The Morgan fingerprint density at radius 3 is 2.42 bits per heavy atom. The number of amides is 2. The van der Waals surface area contributed by atoms with Crippen molar-refractivity contribution in [1.29, 1.82) is 0 Å². The fraction of sp³-hybridized carbons (Fsp3) is 0.429. The molecular formula is C35H40Cl2N4O4. The van der Waals surface area contributed by atoms with Crippen LogP contribution in [-0.4, -0.2) is 58.0 Å². The zero-order chi connectivity index (χ0) is 32.6. The fourth-order valence-electron chi connectivity index (χ4n) is 6.64. The molecule has 1 atom stereocenters. The van der Waals surface area contributed by atoms with Crippen molar-refractivity contribution in [3.05, 3.63) is 73.5 Å². The Hall–Kier alpha value is -3.62. The van der Waals surface area contributed by atoms with Crippen LogP contribution >= 0.6 is 23.2 Å². The van der Waals surface area contributed by atoms with Crippen molar-refractivity contribution >= 4 is 46.4 Å². The summed E-state index contributed by atoms with van der Waals surface area (Å²) in [6.07, 6.45) is 3.21. The lowest BCUT2D eigenvalue weighted by Crippen LogP contribution is -2.51. The lowest BCUT2D eigenvalue weighted by molar-refractivity contribution is -0.144. The number of carbonyl (C=O) groups excluding carboxylic acids is 3. The van der Waals surface area contributed by atoms with E-state index in [0.29, 0.717) is 49.6 Å². The van der Waals surface area contributed by atoms with Gasteiger partial charge in [0.15, 0.2) is 0 Å². The molecule has 0 radical (unpaired) electrons. The zero-order valence-electron chi connectivity index (χ0n) is 26.8. The quantitative estimate of drug-likeness (QED) is 0.211. The second-order valence-corrected chi connectivity index (χ2v) is 13.0. The van der Waals surface area contributed by atoms with E-state index in [1.165, 1.54) is 6.92 Å². The van der Waals surface area contributed by atoms with Gasteiger partial charge in [-0.25, -0.2) is 0 Å². The number of hydrogen-bond donors (Lipinski definition) is 1. The minimum absolute atomic E-state index is 0.158. The number of nitrogens with zero attached hydrogens (tertiary/aromatic N) is 3. The number of likely N-dealkylation sites (tertiary alicyclic amines) is 1. The number of fused-ring (bicyclic) bond motifs is 1. The number of ketones is 1. The molecule has 0 unspecified atom stereocenters. The van der Waals surface area contributed by atoms with Crippen molar-refractivity contribution in [2.45, 2.75) is 72.8 Å². The molecule has 1 aliphatic carbocycles. The molecule has 8 nitrogen and oxygen atoms in total. The van der Waals surface area contributed by atoms with Gasteiger partial charge in [-0.05, 0) is 99.4 Å². The van der Waals surface area contributed by atoms with E-state index in [2.05, 4.69) is 10.4 Å². The molecule has 2 heterocycles. The summed E-state index contributed by atoms with van der Waals surface area (Å²) in [4.78, 5) is 39.6. The number of ether oxygens (including phenoxy) is 1. The monoisotopic (exact) mass is 650 g/mol. The molecule has 1 fully saturated rings. The Morgan fingerprint density at radius 1 is 1.07 bits per heavy atom. The molecule has 0 spiro atoms. The minimum Gasteiger partial charge on any atom is -0.494 e. The molecule has 1 aliphatic heterocycles. The van der Waals surface area contributed by atoms with Crippen LogP contribution < -0.4 is 10.1 Å². The second kappa shape index (κ2) is 13.4. The number of aromatic nitrogens is 2. The number of nitrogens with one attached hydrogen (secondary N) is 1. The highest BCUT2D eigenvalue weighted by Crippen LogP contribution is 2.45. The van der Waals surface area contributed by atoms with Crippen LogP contribution in [0.3, 0.4) is 0 Å². The first kappa shape index (κ1) is 32.8. The van der Waals surface area contributed by atoms with Crippen LogP contribution in [0.4, 0.5) is 0 Å². The van der Waals surface area contributed by atoms with Crippen molar-refractivity contribution in [3.8, 4) is 16.9 Å². The standard InChI is InChI=1S/C35H40Cl2N4O4/c1-19-15-25(16-20(2)33(19)37)45-14-8-10-26-27-11-12-30(36)32(31-21(3)39-40(6)22(31)4)28(27)17-29(26)34(43)38-24-9-7-13-41(18-24)35(44)23(5)42/h11-12,15-16,24H,7-10,13-14,17-18H2,1-6H3,(H,38,43)/t24-/m1/s1. The van der Waals surface area contributed by atoms with E-state index in [9.17, 15) is 14.4 Å². The van der Waals surface area contributed by atoms with E-state index in [1.54, 1.807) is 4.90 Å². The Balaban J connectivity index is 1.43. The Labute approximate surface area is 274 Å². The lowest BCUT2D eigenvalue weighted by Gasteiger charge is -2.32. The van der Waals surface area contributed by atoms with E-state index in [0.717, 1.165) is 74.0 Å². The summed E-state index contributed by atoms with van der Waals surface area (Å²) in [7, 11) is 1.92. The third kappa shape index (κ3) is 6.68. The highest BCUT2D eigenvalue weighted by molar-refractivity contribution is 6.35. The van der Waals surface area contributed by atoms with Gasteiger partial charge in [-0.15, -0.1) is 0 Å².